The van der Waals surface area contributed by atoms with E-state index < -0.39 is 12.2 Å². The summed E-state index contributed by atoms with van der Waals surface area (Å²) in [7, 11) is 2.80. The average Bonchev–Trinajstić information content (AvgIpc) is 1.91. The third-order valence-corrected chi connectivity index (χ3v) is 1.12. The zero-order valence-corrected chi connectivity index (χ0v) is 6.11. The van der Waals surface area contributed by atoms with E-state index in [4.69, 9.17) is 5.11 Å². The van der Waals surface area contributed by atoms with Gasteiger partial charge in [-0.15, -0.1) is 0 Å². The molecule has 4 heteroatoms. The van der Waals surface area contributed by atoms with Crippen LogP contribution in [0.15, 0.2) is 0 Å². The monoisotopic (exact) mass is 148 g/mol. The molecule has 0 aliphatic carbocycles. The lowest BCUT2D eigenvalue weighted by Gasteiger charge is -2.14. The van der Waals surface area contributed by atoms with Crippen molar-refractivity contribution in [3.8, 4) is 0 Å². The topological polar surface area (TPSA) is 55.8 Å². The molecular formula is C6H12O4. The van der Waals surface area contributed by atoms with Crippen LogP contribution < -0.4 is 0 Å². The van der Waals surface area contributed by atoms with E-state index in [1.165, 1.54) is 14.2 Å². The summed E-state index contributed by atoms with van der Waals surface area (Å²) in [5.74, 6) is 0. The Balaban J connectivity index is 3.63. The second-order valence-electron chi connectivity index (χ2n) is 1.86. The molecule has 4 nitrogen and oxygen atoms in total. The quantitative estimate of drug-likeness (QED) is 0.519. The smallest absolute Gasteiger partial charge is 0.151 e. The summed E-state index contributed by atoms with van der Waals surface area (Å²) >= 11 is 0. The number of methoxy groups -OCH3 is 2. The van der Waals surface area contributed by atoms with Gasteiger partial charge in [-0.2, -0.15) is 0 Å². The van der Waals surface area contributed by atoms with Gasteiger partial charge in [0.25, 0.3) is 0 Å². The number of aliphatic hydroxyl groups excluding tert-OH is 1. The van der Waals surface area contributed by atoms with E-state index in [-0.39, 0.29) is 6.61 Å². The molecule has 0 fully saturated rings. The number of carbonyl (C=O) groups excluding carboxylic acids is 1. The first-order valence-electron chi connectivity index (χ1n) is 2.91. The summed E-state index contributed by atoms with van der Waals surface area (Å²) < 4.78 is 9.22. The summed E-state index contributed by atoms with van der Waals surface area (Å²) in [5, 5.41) is 9.03. The lowest BCUT2D eigenvalue weighted by atomic mass is 10.2. The van der Waals surface area contributed by atoms with Crippen LogP contribution in [0, 0.1) is 0 Å². The number of rotatable bonds is 5. The Kier molecular flexibility index (Phi) is 5.10. The standard InChI is InChI=1S/C6H12O4/c1-9-4-5(8)6(3-7)10-2/h3,5-6,8H,4H2,1-2H3/t5-,6-/m1/s1. The first-order chi connectivity index (χ1) is 4.76. The molecule has 0 aromatic rings. The molecule has 0 aromatic carbocycles. The van der Waals surface area contributed by atoms with Gasteiger partial charge in [-0.25, -0.2) is 0 Å². The van der Waals surface area contributed by atoms with E-state index >= 15 is 0 Å². The van der Waals surface area contributed by atoms with Gasteiger partial charge in [-0.1, -0.05) is 0 Å². The van der Waals surface area contributed by atoms with Crippen molar-refractivity contribution in [2.75, 3.05) is 20.8 Å². The van der Waals surface area contributed by atoms with Gasteiger partial charge < -0.3 is 19.4 Å². The minimum Gasteiger partial charge on any atom is -0.388 e. The maximum absolute atomic E-state index is 10.1. The number of hydrogen-bond donors (Lipinski definition) is 1. The highest BCUT2D eigenvalue weighted by Crippen LogP contribution is 1.94. The largest absolute Gasteiger partial charge is 0.388 e. The molecule has 2 atom stereocenters. The molecule has 0 radical (unpaired) electrons. The highest BCUT2D eigenvalue weighted by Gasteiger charge is 2.16. The van der Waals surface area contributed by atoms with Crippen molar-refractivity contribution < 1.29 is 19.4 Å². The Morgan fingerprint density at radius 1 is 1.60 bits per heavy atom. The molecule has 0 aliphatic heterocycles. The zero-order chi connectivity index (χ0) is 7.98. The summed E-state index contributed by atoms with van der Waals surface area (Å²) in [4.78, 5) is 10.1. The fraction of sp³-hybridized carbons (Fsp3) is 0.833. The molecule has 60 valence electrons. The number of aldehydes is 1. The molecule has 0 unspecified atom stereocenters. The molecule has 10 heavy (non-hydrogen) atoms. The first kappa shape index (κ1) is 9.55. The van der Waals surface area contributed by atoms with Crippen molar-refractivity contribution in [3.05, 3.63) is 0 Å². The van der Waals surface area contributed by atoms with Crippen LogP contribution in [0.4, 0.5) is 0 Å². The van der Waals surface area contributed by atoms with Gasteiger partial charge in [0.2, 0.25) is 0 Å². The third-order valence-electron chi connectivity index (χ3n) is 1.12. The van der Waals surface area contributed by atoms with Crippen molar-refractivity contribution in [1.82, 2.24) is 0 Å². The van der Waals surface area contributed by atoms with Gasteiger partial charge >= 0.3 is 0 Å². The molecule has 0 saturated carbocycles. The van der Waals surface area contributed by atoms with Crippen LogP contribution >= 0.6 is 0 Å². The highest BCUT2D eigenvalue weighted by molar-refractivity contribution is 5.56. The number of carbonyl (C=O) groups is 1. The van der Waals surface area contributed by atoms with Crippen molar-refractivity contribution in [1.29, 1.82) is 0 Å². The third kappa shape index (κ3) is 2.91. The molecule has 1 N–H and O–H groups in total. The lowest BCUT2D eigenvalue weighted by Crippen LogP contribution is -2.32. The minimum absolute atomic E-state index is 0.108. The molecule has 0 amide bonds. The van der Waals surface area contributed by atoms with E-state index in [9.17, 15) is 4.79 Å². The van der Waals surface area contributed by atoms with E-state index in [2.05, 4.69) is 9.47 Å². The summed E-state index contributed by atoms with van der Waals surface area (Å²) in [5.41, 5.74) is 0. The minimum atomic E-state index is -0.868. The van der Waals surface area contributed by atoms with Gasteiger partial charge in [0, 0.05) is 14.2 Å². The molecule has 0 heterocycles. The Morgan fingerprint density at radius 2 is 2.20 bits per heavy atom. The second kappa shape index (κ2) is 5.34. The van der Waals surface area contributed by atoms with Gasteiger partial charge in [0.15, 0.2) is 6.29 Å². The summed E-state index contributed by atoms with van der Waals surface area (Å²) in [6, 6.07) is 0. The molecule has 0 spiro atoms. The van der Waals surface area contributed by atoms with Crippen LogP contribution in [0.2, 0.25) is 0 Å². The van der Waals surface area contributed by atoms with Crippen molar-refractivity contribution >= 4 is 6.29 Å². The normalized spacial score (nSPS) is 16.3. The first-order valence-corrected chi connectivity index (χ1v) is 2.91. The van der Waals surface area contributed by atoms with Gasteiger partial charge in [-0.05, 0) is 0 Å². The van der Waals surface area contributed by atoms with E-state index in [1.807, 2.05) is 0 Å². The van der Waals surface area contributed by atoms with Crippen molar-refractivity contribution in [3.63, 3.8) is 0 Å². The Morgan fingerprint density at radius 3 is 2.50 bits per heavy atom. The van der Waals surface area contributed by atoms with Crippen molar-refractivity contribution in [2.24, 2.45) is 0 Å². The van der Waals surface area contributed by atoms with E-state index in [0.717, 1.165) is 0 Å². The van der Waals surface area contributed by atoms with Gasteiger partial charge in [0.1, 0.15) is 12.2 Å². The van der Waals surface area contributed by atoms with Crippen LogP contribution in [0.3, 0.4) is 0 Å². The number of hydrogen-bond acceptors (Lipinski definition) is 4. The fourth-order valence-corrected chi connectivity index (χ4v) is 0.569. The average molecular weight is 148 g/mol. The summed E-state index contributed by atoms with van der Waals surface area (Å²) in [6.07, 6.45) is -1.10. The van der Waals surface area contributed by atoms with Crippen LogP contribution in [-0.4, -0.2) is 44.4 Å². The Hall–Kier alpha value is -0.450. The van der Waals surface area contributed by atoms with Crippen LogP contribution in [0.25, 0.3) is 0 Å². The molecule has 0 aromatic heterocycles. The Bertz CT molecular complexity index is 93.7. The van der Waals surface area contributed by atoms with Crippen LogP contribution in [0.5, 0.6) is 0 Å². The van der Waals surface area contributed by atoms with Crippen LogP contribution in [0.1, 0.15) is 0 Å². The SMILES string of the molecule is COC[C@@H](O)[C@@H](C=O)OC. The predicted octanol–water partition coefficient (Wildman–Crippen LogP) is -0.792. The van der Waals surface area contributed by atoms with Gasteiger partial charge in [0.05, 0.1) is 6.61 Å². The number of aliphatic hydroxyl groups is 1. The fourth-order valence-electron chi connectivity index (χ4n) is 0.569. The molecule has 0 rings (SSSR count). The highest BCUT2D eigenvalue weighted by atomic mass is 16.5. The maximum Gasteiger partial charge on any atom is 0.151 e. The molecule has 0 bridgehead atoms. The number of ether oxygens (including phenoxy) is 2. The van der Waals surface area contributed by atoms with E-state index in [1.54, 1.807) is 0 Å². The second-order valence-corrected chi connectivity index (χ2v) is 1.86. The van der Waals surface area contributed by atoms with Crippen molar-refractivity contribution in [2.45, 2.75) is 12.2 Å². The van der Waals surface area contributed by atoms with E-state index in [0.29, 0.717) is 6.29 Å². The zero-order valence-electron chi connectivity index (χ0n) is 6.11. The Labute approximate surface area is 59.7 Å². The maximum atomic E-state index is 10.1. The van der Waals surface area contributed by atoms with Crippen LogP contribution in [-0.2, 0) is 14.3 Å². The van der Waals surface area contributed by atoms with Gasteiger partial charge in [-0.3, -0.25) is 0 Å². The molecule has 0 saturated heterocycles. The summed E-state index contributed by atoms with van der Waals surface area (Å²) in [6.45, 7) is 0.108. The molecular weight excluding hydrogens is 136 g/mol. The molecule has 0 aliphatic rings. The predicted molar refractivity (Wildman–Crippen MR) is 34.7 cm³/mol. The lowest BCUT2D eigenvalue weighted by molar-refractivity contribution is -0.125.